The zero-order valence-corrected chi connectivity index (χ0v) is 15.4. The summed E-state index contributed by atoms with van der Waals surface area (Å²) in [5, 5.41) is 8.79. The molecule has 0 N–H and O–H groups in total. The van der Waals surface area contributed by atoms with Crippen LogP contribution in [-0.4, -0.2) is 18.9 Å². The van der Waals surface area contributed by atoms with Gasteiger partial charge in [0.2, 0.25) is 0 Å². The van der Waals surface area contributed by atoms with Gasteiger partial charge < -0.3 is 0 Å². The van der Waals surface area contributed by atoms with E-state index in [2.05, 4.69) is 0 Å². The van der Waals surface area contributed by atoms with Crippen LogP contribution in [0.1, 0.15) is 47.8 Å². The summed E-state index contributed by atoms with van der Waals surface area (Å²) in [6.07, 6.45) is 0.241. The monoisotopic (exact) mass is 355 g/mol. The van der Waals surface area contributed by atoms with Crippen LogP contribution in [0.4, 0.5) is 0 Å². The lowest BCUT2D eigenvalue weighted by atomic mass is 10.0. The standard InChI is InChI=1S/C20H21NO3S/c1-20(2,3)25(23,24)14-17-8-10-18(11-9-17)19(22)12-15-4-6-16(13-21)7-5-15/h4-11H,12,14H2,1-3H3. The minimum atomic E-state index is -3.25. The molecule has 5 heteroatoms. The number of Topliss-reactive ketones (excluding diaryl/α,β-unsaturated/α-hetero) is 1. The number of nitrogens with zero attached hydrogens (tertiary/aromatic N) is 1. The SMILES string of the molecule is CC(C)(C)S(=O)(=O)Cc1ccc(C(=O)Cc2ccc(C#N)cc2)cc1. The van der Waals surface area contributed by atoms with E-state index < -0.39 is 14.6 Å². The molecule has 0 saturated heterocycles. The van der Waals surface area contributed by atoms with Gasteiger partial charge in [0.05, 0.1) is 22.1 Å². The van der Waals surface area contributed by atoms with E-state index in [1.54, 1.807) is 69.3 Å². The second-order valence-corrected chi connectivity index (χ2v) is 9.72. The van der Waals surface area contributed by atoms with Gasteiger partial charge in [-0.25, -0.2) is 8.42 Å². The maximum absolute atomic E-state index is 12.3. The summed E-state index contributed by atoms with van der Waals surface area (Å²) >= 11 is 0. The minimum absolute atomic E-state index is 0.0411. The van der Waals surface area contributed by atoms with Crippen molar-refractivity contribution in [2.24, 2.45) is 0 Å². The van der Waals surface area contributed by atoms with Gasteiger partial charge in [0.15, 0.2) is 15.6 Å². The van der Waals surface area contributed by atoms with Gasteiger partial charge in [-0.2, -0.15) is 5.26 Å². The Balaban J connectivity index is 2.08. The Kier molecular flexibility index (Phi) is 5.44. The lowest BCUT2D eigenvalue weighted by Gasteiger charge is -2.19. The molecule has 0 bridgehead atoms. The third kappa shape index (κ3) is 4.77. The van der Waals surface area contributed by atoms with Crippen LogP contribution in [0.2, 0.25) is 0 Å². The molecule has 0 fully saturated rings. The van der Waals surface area contributed by atoms with Crippen LogP contribution in [-0.2, 0) is 22.0 Å². The van der Waals surface area contributed by atoms with Gasteiger partial charge in [-0.15, -0.1) is 0 Å². The largest absolute Gasteiger partial charge is 0.294 e. The van der Waals surface area contributed by atoms with E-state index in [9.17, 15) is 13.2 Å². The van der Waals surface area contributed by atoms with Crippen molar-refractivity contribution in [3.05, 3.63) is 70.8 Å². The Hall–Kier alpha value is -2.45. The highest BCUT2D eigenvalue weighted by atomic mass is 32.2. The van der Waals surface area contributed by atoms with Gasteiger partial charge >= 0.3 is 0 Å². The van der Waals surface area contributed by atoms with Gasteiger partial charge in [-0.3, -0.25) is 4.79 Å². The molecular formula is C20H21NO3S. The van der Waals surface area contributed by atoms with Gasteiger partial charge in [-0.1, -0.05) is 36.4 Å². The molecule has 0 unspecified atom stereocenters. The van der Waals surface area contributed by atoms with Gasteiger partial charge in [0.1, 0.15) is 0 Å². The van der Waals surface area contributed by atoms with E-state index in [4.69, 9.17) is 5.26 Å². The summed E-state index contributed by atoms with van der Waals surface area (Å²) in [4.78, 5) is 12.3. The first-order valence-corrected chi connectivity index (χ1v) is 9.61. The fraction of sp³-hybridized carbons (Fsp3) is 0.300. The average molecular weight is 355 g/mol. The maximum Gasteiger partial charge on any atom is 0.167 e. The molecule has 0 aliphatic rings. The number of ketones is 1. The first kappa shape index (κ1) is 18.9. The highest BCUT2D eigenvalue weighted by Gasteiger charge is 2.28. The number of rotatable bonds is 5. The van der Waals surface area contributed by atoms with Crippen molar-refractivity contribution in [2.75, 3.05) is 0 Å². The van der Waals surface area contributed by atoms with E-state index in [0.29, 0.717) is 16.7 Å². The Bertz CT molecular complexity index is 897. The van der Waals surface area contributed by atoms with E-state index in [-0.39, 0.29) is 18.0 Å². The number of nitriles is 1. The van der Waals surface area contributed by atoms with Crippen LogP contribution in [0.15, 0.2) is 48.5 Å². The molecule has 4 nitrogen and oxygen atoms in total. The molecule has 0 aliphatic heterocycles. The zero-order valence-electron chi connectivity index (χ0n) is 14.6. The lowest BCUT2D eigenvalue weighted by Crippen LogP contribution is -2.29. The Morgan fingerprint density at radius 2 is 1.48 bits per heavy atom. The summed E-state index contributed by atoms with van der Waals surface area (Å²) in [5.41, 5.74) is 2.61. The fourth-order valence-electron chi connectivity index (χ4n) is 2.21. The molecule has 0 atom stereocenters. The second kappa shape index (κ2) is 7.20. The number of carbonyl (C=O) groups is 1. The topological polar surface area (TPSA) is 75.0 Å². The van der Waals surface area contributed by atoms with Crippen molar-refractivity contribution < 1.29 is 13.2 Å². The maximum atomic E-state index is 12.3. The summed E-state index contributed by atoms with van der Waals surface area (Å²) in [6, 6.07) is 15.6. The Morgan fingerprint density at radius 1 is 0.960 bits per heavy atom. The Morgan fingerprint density at radius 3 is 1.96 bits per heavy atom. The fourth-order valence-corrected chi connectivity index (χ4v) is 3.27. The molecule has 2 rings (SSSR count). The minimum Gasteiger partial charge on any atom is -0.294 e. The molecule has 0 radical (unpaired) electrons. The van der Waals surface area contributed by atoms with Crippen LogP contribution >= 0.6 is 0 Å². The smallest absolute Gasteiger partial charge is 0.167 e. The van der Waals surface area contributed by atoms with Gasteiger partial charge in [0.25, 0.3) is 0 Å². The van der Waals surface area contributed by atoms with E-state index in [1.807, 2.05) is 6.07 Å². The molecule has 0 spiro atoms. The normalized spacial score (nSPS) is 11.8. The van der Waals surface area contributed by atoms with Crippen molar-refractivity contribution in [3.63, 3.8) is 0 Å². The molecule has 25 heavy (non-hydrogen) atoms. The summed E-state index contributed by atoms with van der Waals surface area (Å²) in [6.45, 7) is 5.04. The van der Waals surface area contributed by atoms with Crippen molar-refractivity contribution in [1.82, 2.24) is 0 Å². The molecule has 0 heterocycles. The second-order valence-electron chi connectivity index (χ2n) is 6.98. The van der Waals surface area contributed by atoms with Crippen molar-refractivity contribution in [2.45, 2.75) is 37.7 Å². The molecular weight excluding hydrogens is 334 g/mol. The molecule has 130 valence electrons. The first-order chi connectivity index (χ1) is 11.6. The third-order valence-corrected chi connectivity index (χ3v) is 6.59. The molecule has 0 aliphatic carbocycles. The van der Waals surface area contributed by atoms with Crippen LogP contribution < -0.4 is 0 Å². The number of hydrogen-bond acceptors (Lipinski definition) is 4. The predicted octanol–water partition coefficient (Wildman–Crippen LogP) is 3.70. The predicted molar refractivity (Wildman–Crippen MR) is 98.0 cm³/mol. The third-order valence-electron chi connectivity index (χ3n) is 4.01. The molecule has 0 amide bonds. The lowest BCUT2D eigenvalue weighted by molar-refractivity contribution is 0.0993. The Labute approximate surface area is 149 Å². The number of sulfone groups is 1. The zero-order chi connectivity index (χ0) is 18.7. The number of carbonyl (C=O) groups excluding carboxylic acids is 1. The van der Waals surface area contributed by atoms with E-state index in [1.165, 1.54) is 0 Å². The summed E-state index contributed by atoms with van der Waals surface area (Å²) < 4.78 is 23.7. The highest BCUT2D eigenvalue weighted by Crippen LogP contribution is 2.21. The molecule has 2 aromatic rings. The van der Waals surface area contributed by atoms with Crippen LogP contribution in [0.5, 0.6) is 0 Å². The van der Waals surface area contributed by atoms with E-state index >= 15 is 0 Å². The van der Waals surface area contributed by atoms with Gasteiger partial charge in [0, 0.05) is 12.0 Å². The summed E-state index contributed by atoms with van der Waals surface area (Å²) in [5.74, 6) is -0.0874. The van der Waals surface area contributed by atoms with E-state index in [0.717, 1.165) is 5.56 Å². The highest BCUT2D eigenvalue weighted by molar-refractivity contribution is 7.91. The molecule has 0 aromatic heterocycles. The average Bonchev–Trinajstić information content (AvgIpc) is 2.55. The quantitative estimate of drug-likeness (QED) is 0.767. The van der Waals surface area contributed by atoms with Gasteiger partial charge in [-0.05, 0) is 44.0 Å². The number of benzene rings is 2. The molecule has 2 aromatic carbocycles. The summed E-state index contributed by atoms with van der Waals surface area (Å²) in [7, 11) is -3.25. The van der Waals surface area contributed by atoms with Crippen LogP contribution in [0.3, 0.4) is 0 Å². The van der Waals surface area contributed by atoms with Crippen molar-refractivity contribution in [1.29, 1.82) is 5.26 Å². The number of hydrogen-bond donors (Lipinski definition) is 0. The molecule has 0 saturated carbocycles. The van der Waals surface area contributed by atoms with Crippen LogP contribution in [0, 0.1) is 11.3 Å². The van der Waals surface area contributed by atoms with Crippen molar-refractivity contribution in [3.8, 4) is 6.07 Å². The van der Waals surface area contributed by atoms with Crippen LogP contribution in [0.25, 0.3) is 0 Å². The van der Waals surface area contributed by atoms with Crippen molar-refractivity contribution >= 4 is 15.6 Å². The first-order valence-electron chi connectivity index (χ1n) is 7.96.